The Morgan fingerprint density at radius 2 is 1.76 bits per heavy atom. The molecule has 3 rings (SSSR count). The molecule has 21 heavy (non-hydrogen) atoms. The van der Waals surface area contributed by atoms with Crippen LogP contribution < -0.4 is 0 Å². The molecule has 0 bridgehead atoms. The monoisotopic (exact) mass is 304 g/mol. The summed E-state index contributed by atoms with van der Waals surface area (Å²) in [6, 6.07) is 5.03. The lowest BCUT2D eigenvalue weighted by Gasteiger charge is -2.10. The van der Waals surface area contributed by atoms with E-state index < -0.39 is 0 Å². The second-order valence-electron chi connectivity index (χ2n) is 5.22. The van der Waals surface area contributed by atoms with Crippen LogP contribution in [0.2, 0.25) is 5.28 Å². The van der Waals surface area contributed by atoms with Gasteiger partial charge in [-0.2, -0.15) is 0 Å². The second-order valence-corrected chi connectivity index (χ2v) is 5.55. The van der Waals surface area contributed by atoms with E-state index >= 15 is 0 Å². The van der Waals surface area contributed by atoms with Crippen LogP contribution in [0.4, 0.5) is 0 Å². The van der Waals surface area contributed by atoms with Gasteiger partial charge >= 0.3 is 0 Å². The molecular formula is C14H13ClN4O2. The molecule has 2 amide bonds. The first-order chi connectivity index (χ1) is 9.91. The van der Waals surface area contributed by atoms with Crippen molar-refractivity contribution in [1.82, 2.24) is 19.7 Å². The quantitative estimate of drug-likeness (QED) is 0.798. The van der Waals surface area contributed by atoms with E-state index in [4.69, 9.17) is 11.6 Å². The summed E-state index contributed by atoms with van der Waals surface area (Å²) in [5.74, 6) is 0.218. The van der Waals surface area contributed by atoms with Crippen LogP contribution in [0, 0.1) is 0 Å². The highest BCUT2D eigenvalue weighted by Crippen LogP contribution is 2.27. The van der Waals surface area contributed by atoms with Crippen LogP contribution in [0.25, 0.3) is 5.69 Å². The predicted octanol–water partition coefficient (Wildman–Crippen LogP) is 2.27. The molecule has 0 spiro atoms. The zero-order valence-electron chi connectivity index (χ0n) is 11.8. The number of rotatable bonds is 2. The molecule has 0 radical (unpaired) electrons. The molecule has 1 aliphatic heterocycles. The fourth-order valence-corrected chi connectivity index (χ4v) is 2.60. The summed E-state index contributed by atoms with van der Waals surface area (Å²) in [4.78, 5) is 25.1. The van der Waals surface area contributed by atoms with Crippen molar-refractivity contribution >= 4 is 23.4 Å². The van der Waals surface area contributed by atoms with Gasteiger partial charge < -0.3 is 0 Å². The third-order valence-electron chi connectivity index (χ3n) is 3.50. The number of hydrogen-bond donors (Lipinski definition) is 0. The third-order valence-corrected chi connectivity index (χ3v) is 3.74. The van der Waals surface area contributed by atoms with Gasteiger partial charge in [0.1, 0.15) is 5.82 Å². The largest absolute Gasteiger partial charge is 0.277 e. The molecule has 2 aromatic rings. The summed E-state index contributed by atoms with van der Waals surface area (Å²) < 4.78 is 1.68. The van der Waals surface area contributed by atoms with Crippen LogP contribution in [0.15, 0.2) is 18.2 Å². The molecule has 0 saturated heterocycles. The topological polar surface area (TPSA) is 68.1 Å². The lowest BCUT2D eigenvalue weighted by Crippen LogP contribution is -2.24. The number of nitrogens with zero attached hydrogens (tertiary/aromatic N) is 4. The Bertz CT molecular complexity index is 766. The number of amides is 2. The van der Waals surface area contributed by atoms with E-state index in [1.54, 1.807) is 22.8 Å². The molecule has 0 fully saturated rings. The number of hydrogen-bond acceptors (Lipinski definition) is 4. The van der Waals surface area contributed by atoms with E-state index in [0.29, 0.717) is 22.6 Å². The van der Waals surface area contributed by atoms with Crippen LogP contribution in [0.5, 0.6) is 0 Å². The maximum Gasteiger partial charge on any atom is 0.261 e. The molecule has 0 aliphatic carbocycles. The van der Waals surface area contributed by atoms with E-state index in [9.17, 15) is 9.59 Å². The fraction of sp³-hybridized carbons (Fsp3) is 0.286. The van der Waals surface area contributed by atoms with Crippen LogP contribution in [0.1, 0.15) is 46.3 Å². The van der Waals surface area contributed by atoms with E-state index in [0.717, 1.165) is 4.90 Å². The number of imide groups is 1. The highest BCUT2D eigenvalue weighted by Gasteiger charge is 2.33. The van der Waals surface area contributed by atoms with Gasteiger partial charge in [-0.1, -0.05) is 13.8 Å². The molecule has 1 aromatic carbocycles. The Balaban J connectivity index is 2.18. The molecule has 1 aromatic heterocycles. The first-order valence-electron chi connectivity index (χ1n) is 6.49. The van der Waals surface area contributed by atoms with Crippen molar-refractivity contribution in [2.24, 2.45) is 0 Å². The van der Waals surface area contributed by atoms with Crippen molar-refractivity contribution < 1.29 is 9.59 Å². The van der Waals surface area contributed by atoms with Gasteiger partial charge in [0.05, 0.1) is 16.8 Å². The molecule has 2 heterocycles. The molecule has 6 nitrogen and oxygen atoms in total. The summed E-state index contributed by atoms with van der Waals surface area (Å²) >= 11 is 6.10. The molecule has 0 saturated carbocycles. The normalized spacial score (nSPS) is 14.2. The molecule has 0 unspecified atom stereocenters. The van der Waals surface area contributed by atoms with Crippen LogP contribution in [0.3, 0.4) is 0 Å². The Labute approximate surface area is 126 Å². The molecular weight excluding hydrogens is 292 g/mol. The van der Waals surface area contributed by atoms with E-state index in [1.165, 1.54) is 7.05 Å². The summed E-state index contributed by atoms with van der Waals surface area (Å²) in [5, 5.41) is 8.15. The van der Waals surface area contributed by atoms with Crippen LogP contribution >= 0.6 is 11.6 Å². The summed E-state index contributed by atoms with van der Waals surface area (Å²) in [5.41, 5.74) is 1.45. The zero-order chi connectivity index (χ0) is 15.3. The van der Waals surface area contributed by atoms with Crippen molar-refractivity contribution in [2.45, 2.75) is 19.8 Å². The Morgan fingerprint density at radius 1 is 1.10 bits per heavy atom. The first-order valence-corrected chi connectivity index (χ1v) is 6.87. The fourth-order valence-electron chi connectivity index (χ4n) is 2.38. The summed E-state index contributed by atoms with van der Waals surface area (Å²) in [6.07, 6.45) is 0. The van der Waals surface area contributed by atoms with Gasteiger partial charge in [-0.3, -0.25) is 19.1 Å². The van der Waals surface area contributed by atoms with Gasteiger partial charge in [-0.05, 0) is 29.8 Å². The summed E-state index contributed by atoms with van der Waals surface area (Å²) in [7, 11) is 1.47. The van der Waals surface area contributed by atoms with Gasteiger partial charge in [-0.15, -0.1) is 10.2 Å². The van der Waals surface area contributed by atoms with Crippen molar-refractivity contribution in [2.75, 3.05) is 7.05 Å². The lowest BCUT2D eigenvalue weighted by molar-refractivity contribution is 0.0693. The minimum atomic E-state index is -0.313. The molecule has 0 N–H and O–H groups in total. The average molecular weight is 305 g/mol. The van der Waals surface area contributed by atoms with Gasteiger partial charge in [-0.25, -0.2) is 0 Å². The predicted molar refractivity (Wildman–Crippen MR) is 76.9 cm³/mol. The smallest absolute Gasteiger partial charge is 0.261 e. The average Bonchev–Trinajstić information content (AvgIpc) is 2.94. The van der Waals surface area contributed by atoms with Crippen molar-refractivity contribution in [3.05, 3.63) is 40.4 Å². The van der Waals surface area contributed by atoms with Gasteiger partial charge in [0.2, 0.25) is 5.28 Å². The Hall–Kier alpha value is -2.21. The third kappa shape index (κ3) is 1.94. The Kier molecular flexibility index (Phi) is 3.06. The minimum Gasteiger partial charge on any atom is -0.277 e. The number of aromatic nitrogens is 3. The molecule has 108 valence electrons. The van der Waals surface area contributed by atoms with Crippen LogP contribution in [-0.2, 0) is 0 Å². The van der Waals surface area contributed by atoms with Crippen LogP contribution in [-0.4, -0.2) is 38.5 Å². The molecule has 7 heteroatoms. The summed E-state index contributed by atoms with van der Waals surface area (Å²) in [6.45, 7) is 3.96. The number of carbonyl (C=O) groups is 2. The van der Waals surface area contributed by atoms with Gasteiger partial charge in [0.25, 0.3) is 11.8 Å². The maximum absolute atomic E-state index is 12.1. The minimum absolute atomic E-state index is 0.123. The number of carbonyl (C=O) groups excluding carboxylic acids is 2. The zero-order valence-corrected chi connectivity index (χ0v) is 12.5. The number of fused-ring (bicyclic) bond motifs is 1. The highest BCUT2D eigenvalue weighted by molar-refractivity contribution is 6.28. The molecule has 0 atom stereocenters. The second kappa shape index (κ2) is 4.66. The van der Waals surface area contributed by atoms with Gasteiger partial charge in [0.15, 0.2) is 0 Å². The van der Waals surface area contributed by atoms with Crippen molar-refractivity contribution in [3.8, 4) is 5.69 Å². The standard InChI is InChI=1S/C14H13ClN4O2/c1-7(2)11-16-17-14(15)19(11)8-4-5-9-10(6-8)13(21)18(3)12(9)20/h4-7H,1-3H3. The van der Waals surface area contributed by atoms with Gasteiger partial charge in [0, 0.05) is 13.0 Å². The highest BCUT2D eigenvalue weighted by atomic mass is 35.5. The van der Waals surface area contributed by atoms with E-state index in [1.807, 2.05) is 13.8 Å². The number of halogens is 1. The van der Waals surface area contributed by atoms with Crippen molar-refractivity contribution in [3.63, 3.8) is 0 Å². The molecule has 1 aliphatic rings. The van der Waals surface area contributed by atoms with E-state index in [-0.39, 0.29) is 23.0 Å². The van der Waals surface area contributed by atoms with Crippen molar-refractivity contribution in [1.29, 1.82) is 0 Å². The lowest BCUT2D eigenvalue weighted by atomic mass is 10.1. The Morgan fingerprint density at radius 3 is 2.43 bits per heavy atom. The maximum atomic E-state index is 12.1. The number of benzene rings is 1. The SMILES string of the molecule is CC(C)c1nnc(Cl)n1-c1ccc2c(c1)C(=O)N(C)C2=O. The van der Waals surface area contributed by atoms with E-state index in [2.05, 4.69) is 10.2 Å². The first kappa shape index (κ1) is 13.8.